The van der Waals surface area contributed by atoms with Crippen LogP contribution in [0.1, 0.15) is 0 Å². The summed E-state index contributed by atoms with van der Waals surface area (Å²) in [6, 6.07) is 0. The molecule has 0 fully saturated rings. The van der Waals surface area contributed by atoms with E-state index in [2.05, 4.69) is 0 Å². The van der Waals surface area contributed by atoms with Gasteiger partial charge in [0, 0.05) is 0 Å². The molecule has 6 heteroatoms. The first-order valence-electron chi connectivity index (χ1n) is 0.612. The SMILES string of the molecule is [Cs+].[Cs+].[O]=[Ti]([O-])[O-]. The third kappa shape index (κ3) is 23.6. The van der Waals surface area contributed by atoms with E-state index in [1.54, 1.807) is 0 Å². The van der Waals surface area contributed by atoms with Gasteiger partial charge in [0.1, 0.15) is 0 Å². The van der Waals surface area contributed by atoms with E-state index in [1.165, 1.54) is 0 Å². The van der Waals surface area contributed by atoms with E-state index in [-0.39, 0.29) is 138 Å². The fourth-order valence-electron chi connectivity index (χ4n) is 0. The second-order valence-corrected chi connectivity index (χ2v) is 1.03. The van der Waals surface area contributed by atoms with E-state index in [0.29, 0.717) is 0 Å². The maximum absolute atomic E-state index is 8.58. The summed E-state index contributed by atoms with van der Waals surface area (Å²) in [5.41, 5.74) is 0. The Balaban J connectivity index is -0.0000000450. The Morgan fingerprint density at radius 3 is 1.17 bits per heavy atom. The molecule has 0 aliphatic heterocycles. The van der Waals surface area contributed by atoms with E-state index in [0.717, 1.165) is 0 Å². The molecule has 0 saturated heterocycles. The molecule has 0 saturated carbocycles. The predicted molar refractivity (Wildman–Crippen MR) is 0.686 cm³/mol. The molecule has 3 nitrogen and oxygen atoms in total. The third-order valence-electron chi connectivity index (χ3n) is 0. The number of hydrogen-bond acceptors (Lipinski definition) is 3. The molecular formula is Cs2O3Ti. The molecule has 0 atom stereocenters. The van der Waals surface area contributed by atoms with Crippen LogP contribution in [0.15, 0.2) is 0 Å². The van der Waals surface area contributed by atoms with Gasteiger partial charge in [0.25, 0.3) is 0 Å². The fraction of sp³-hybridized carbons (Fsp3) is 0. The van der Waals surface area contributed by atoms with Gasteiger partial charge in [0.15, 0.2) is 0 Å². The predicted octanol–water partition coefficient (Wildman–Crippen LogP) is -8.49. The molecule has 0 bridgehead atoms. The number of rotatable bonds is 0. The maximum atomic E-state index is 8.58. The van der Waals surface area contributed by atoms with E-state index in [9.17, 15) is 0 Å². The van der Waals surface area contributed by atoms with Crippen molar-refractivity contribution in [3.05, 3.63) is 0 Å². The molecule has 24 valence electrons. The molecular weight excluding hydrogens is 362 g/mol. The Morgan fingerprint density at radius 1 is 1.17 bits per heavy atom. The van der Waals surface area contributed by atoms with Crippen LogP contribution in [0.25, 0.3) is 0 Å². The van der Waals surface area contributed by atoms with Crippen molar-refractivity contribution >= 4 is 0 Å². The normalized spacial score (nSPS) is 4.33. The van der Waals surface area contributed by atoms with Crippen molar-refractivity contribution in [3.8, 4) is 0 Å². The van der Waals surface area contributed by atoms with Crippen LogP contribution >= 0.6 is 0 Å². The first-order chi connectivity index (χ1) is 1.73. The van der Waals surface area contributed by atoms with Gasteiger partial charge in [-0.3, -0.25) is 0 Å². The van der Waals surface area contributed by atoms with Crippen molar-refractivity contribution < 1.29 is 167 Å². The van der Waals surface area contributed by atoms with Crippen molar-refractivity contribution in [2.75, 3.05) is 0 Å². The minimum absolute atomic E-state index is 0. The first kappa shape index (κ1) is 16.9. The van der Waals surface area contributed by atoms with Crippen LogP contribution in [0.4, 0.5) is 0 Å². The van der Waals surface area contributed by atoms with Gasteiger partial charge in [-0.2, -0.15) is 0 Å². The topological polar surface area (TPSA) is 63.2 Å². The Labute approximate surface area is 161 Å². The van der Waals surface area contributed by atoms with E-state index < -0.39 is 18.6 Å². The van der Waals surface area contributed by atoms with Gasteiger partial charge < -0.3 is 0 Å². The number of hydrogen-bond donors (Lipinski definition) is 0. The zero-order chi connectivity index (χ0) is 3.58. The summed E-state index contributed by atoms with van der Waals surface area (Å²) in [7, 11) is 0. The fourth-order valence-corrected chi connectivity index (χ4v) is 0. The van der Waals surface area contributed by atoms with Crippen molar-refractivity contribution in [1.82, 2.24) is 0 Å². The molecule has 0 radical (unpaired) electrons. The molecule has 0 aliphatic carbocycles. The molecule has 6 heavy (non-hydrogen) atoms. The van der Waals surface area contributed by atoms with Crippen molar-refractivity contribution in [3.63, 3.8) is 0 Å². The van der Waals surface area contributed by atoms with Gasteiger partial charge in [-0.1, -0.05) is 0 Å². The Morgan fingerprint density at radius 2 is 1.17 bits per heavy atom. The summed E-state index contributed by atoms with van der Waals surface area (Å²) in [6.45, 7) is 0. The molecule has 0 aromatic heterocycles. The summed E-state index contributed by atoms with van der Waals surface area (Å²) in [5, 5.41) is 0. The Kier molecular flexibility index (Phi) is 34.4. The standard InChI is InChI=1S/2Cs.3O.Ti/q2*+1;;2*-1;. The second kappa shape index (κ2) is 12.2. The van der Waals surface area contributed by atoms with Crippen LogP contribution in [0.2, 0.25) is 0 Å². The van der Waals surface area contributed by atoms with Gasteiger partial charge in [0.05, 0.1) is 0 Å². The molecule has 0 N–H and O–H groups in total. The van der Waals surface area contributed by atoms with Gasteiger partial charge in [-0.25, -0.2) is 0 Å². The molecule has 0 unspecified atom stereocenters. The average molecular weight is 362 g/mol. The Bertz CT molecular complexity index is 31.8. The monoisotopic (exact) mass is 362 g/mol. The molecule has 0 spiro atoms. The van der Waals surface area contributed by atoms with E-state index >= 15 is 0 Å². The summed E-state index contributed by atoms with van der Waals surface area (Å²) >= 11 is -4.08. The zero-order valence-corrected chi connectivity index (χ0v) is 17.8. The molecule has 0 aliphatic rings. The molecule has 0 heterocycles. The summed E-state index contributed by atoms with van der Waals surface area (Å²) in [4.78, 5) is 0. The molecule has 0 rings (SSSR count). The second-order valence-electron chi connectivity index (χ2n) is 0.250. The van der Waals surface area contributed by atoms with Crippen LogP contribution in [-0.4, -0.2) is 0 Å². The molecule has 0 amide bonds. The summed E-state index contributed by atoms with van der Waals surface area (Å²) < 4.78 is 25.8. The average Bonchev–Trinajstić information content (AvgIpc) is 0.811. The molecule has 0 aromatic rings. The van der Waals surface area contributed by atoms with Gasteiger partial charge >= 0.3 is 167 Å². The minimum atomic E-state index is -4.08. The third-order valence-corrected chi connectivity index (χ3v) is 0. The van der Waals surface area contributed by atoms with Gasteiger partial charge in [-0.15, -0.1) is 0 Å². The first-order valence-corrected chi connectivity index (χ1v) is 2.52. The summed E-state index contributed by atoms with van der Waals surface area (Å²) in [6.07, 6.45) is 0. The van der Waals surface area contributed by atoms with Gasteiger partial charge in [0.2, 0.25) is 0 Å². The van der Waals surface area contributed by atoms with E-state index in [4.69, 9.17) is 10.7 Å². The Hall–Kier alpha value is 4.54. The molecule has 0 aromatic carbocycles. The van der Waals surface area contributed by atoms with Crippen molar-refractivity contribution in [1.29, 1.82) is 0 Å². The van der Waals surface area contributed by atoms with Crippen molar-refractivity contribution in [2.24, 2.45) is 0 Å². The summed E-state index contributed by atoms with van der Waals surface area (Å²) in [5.74, 6) is 0. The zero-order valence-electron chi connectivity index (χ0n) is 3.72. The van der Waals surface area contributed by atoms with Crippen LogP contribution in [0, 0.1) is 0 Å². The van der Waals surface area contributed by atoms with Crippen LogP contribution in [-0.2, 0) is 21.9 Å². The van der Waals surface area contributed by atoms with Crippen LogP contribution in [0.3, 0.4) is 0 Å². The van der Waals surface area contributed by atoms with Crippen molar-refractivity contribution in [2.45, 2.75) is 0 Å². The van der Waals surface area contributed by atoms with E-state index in [1.807, 2.05) is 0 Å². The quantitative estimate of drug-likeness (QED) is 0.403. The van der Waals surface area contributed by atoms with Crippen LogP contribution in [0.5, 0.6) is 0 Å². The van der Waals surface area contributed by atoms with Crippen LogP contribution < -0.4 is 145 Å². The van der Waals surface area contributed by atoms with Gasteiger partial charge in [-0.05, 0) is 0 Å².